The second-order valence-electron chi connectivity index (χ2n) is 3.99. The maximum Gasteiger partial charge on any atom is 0.0522 e. The van der Waals surface area contributed by atoms with E-state index >= 15 is 0 Å². The summed E-state index contributed by atoms with van der Waals surface area (Å²) in [5.74, 6) is 0. The van der Waals surface area contributed by atoms with Gasteiger partial charge in [0, 0.05) is 10.0 Å². The van der Waals surface area contributed by atoms with Crippen LogP contribution in [0.5, 0.6) is 0 Å². The minimum absolute atomic E-state index is 0.256. The summed E-state index contributed by atoms with van der Waals surface area (Å²) >= 11 is 3.57. The van der Waals surface area contributed by atoms with E-state index in [4.69, 9.17) is 0 Å². The van der Waals surface area contributed by atoms with Crippen molar-refractivity contribution in [1.29, 1.82) is 0 Å². The van der Waals surface area contributed by atoms with Crippen molar-refractivity contribution in [2.45, 2.75) is 32.2 Å². The highest BCUT2D eigenvalue weighted by Gasteiger charge is 2.31. The molecule has 0 fully saturated rings. The smallest absolute Gasteiger partial charge is 0.0522 e. The Bertz CT molecular complexity index is 335. The molecule has 0 aromatic heterocycles. The first kappa shape index (κ1) is 9.07. The van der Waals surface area contributed by atoms with E-state index in [0.29, 0.717) is 0 Å². The van der Waals surface area contributed by atoms with Gasteiger partial charge in [0.05, 0.1) is 5.69 Å². The Morgan fingerprint density at radius 1 is 1.54 bits per heavy atom. The Kier molecular flexibility index (Phi) is 2.11. The zero-order valence-corrected chi connectivity index (χ0v) is 9.61. The van der Waals surface area contributed by atoms with E-state index in [1.165, 1.54) is 15.7 Å². The van der Waals surface area contributed by atoms with Gasteiger partial charge in [-0.3, -0.25) is 0 Å². The first-order valence-electron chi connectivity index (χ1n) is 4.70. The van der Waals surface area contributed by atoms with Crippen LogP contribution in [0.2, 0.25) is 0 Å². The lowest BCUT2D eigenvalue weighted by atomic mass is 9.95. The number of hydrogen-bond donors (Lipinski definition) is 1. The predicted molar refractivity (Wildman–Crippen MR) is 60.2 cm³/mol. The second-order valence-corrected chi connectivity index (χ2v) is 4.84. The fourth-order valence-corrected chi connectivity index (χ4v) is 2.34. The third-order valence-electron chi connectivity index (χ3n) is 2.89. The van der Waals surface area contributed by atoms with Crippen molar-refractivity contribution in [3.8, 4) is 0 Å². The highest BCUT2D eigenvalue weighted by molar-refractivity contribution is 9.10. The highest BCUT2D eigenvalue weighted by Crippen LogP contribution is 2.38. The summed E-state index contributed by atoms with van der Waals surface area (Å²) in [6, 6.07) is 6.40. The molecule has 1 aliphatic heterocycles. The maximum absolute atomic E-state index is 3.58. The Morgan fingerprint density at radius 2 is 2.31 bits per heavy atom. The zero-order chi connectivity index (χ0) is 9.47. The minimum atomic E-state index is 0.256. The van der Waals surface area contributed by atoms with Crippen LogP contribution in [0, 0.1) is 0 Å². The van der Waals surface area contributed by atoms with Crippen LogP contribution in [-0.4, -0.2) is 5.54 Å². The molecule has 1 N–H and O–H groups in total. The van der Waals surface area contributed by atoms with Gasteiger partial charge in [0.15, 0.2) is 0 Å². The van der Waals surface area contributed by atoms with Crippen molar-refractivity contribution in [1.82, 2.24) is 0 Å². The Hall–Kier alpha value is -0.500. The number of nitrogens with one attached hydrogen (secondary N) is 1. The number of benzene rings is 1. The standard InChI is InChI=1S/C11H14BrN/c1-3-11(2)7-8-5-4-6-9(12)10(8)13-11/h4-6,13H,3,7H2,1-2H3. The SMILES string of the molecule is CCC1(C)Cc2cccc(Br)c2N1. The number of halogens is 1. The molecule has 1 aliphatic rings. The average molecular weight is 240 g/mol. The number of fused-ring (bicyclic) bond motifs is 1. The molecule has 0 spiro atoms. The van der Waals surface area contributed by atoms with Crippen LogP contribution in [0.1, 0.15) is 25.8 Å². The van der Waals surface area contributed by atoms with Gasteiger partial charge in [-0.25, -0.2) is 0 Å². The predicted octanol–water partition coefficient (Wildman–Crippen LogP) is 3.59. The lowest BCUT2D eigenvalue weighted by Gasteiger charge is -2.23. The first-order valence-corrected chi connectivity index (χ1v) is 5.49. The highest BCUT2D eigenvalue weighted by atomic mass is 79.9. The van der Waals surface area contributed by atoms with E-state index in [-0.39, 0.29) is 5.54 Å². The summed E-state index contributed by atoms with van der Waals surface area (Å²) in [6.45, 7) is 4.51. The molecule has 13 heavy (non-hydrogen) atoms. The topological polar surface area (TPSA) is 12.0 Å². The van der Waals surface area contributed by atoms with E-state index in [9.17, 15) is 0 Å². The van der Waals surface area contributed by atoms with Gasteiger partial charge in [-0.2, -0.15) is 0 Å². The summed E-state index contributed by atoms with van der Waals surface area (Å²) in [4.78, 5) is 0. The number of rotatable bonds is 1. The molecule has 70 valence electrons. The maximum atomic E-state index is 3.58. The van der Waals surface area contributed by atoms with Gasteiger partial charge in [0.25, 0.3) is 0 Å². The molecule has 1 aromatic rings. The van der Waals surface area contributed by atoms with E-state index in [0.717, 1.165) is 12.8 Å². The molecule has 1 atom stereocenters. The average Bonchev–Trinajstić information content (AvgIpc) is 2.45. The van der Waals surface area contributed by atoms with Crippen molar-refractivity contribution >= 4 is 21.6 Å². The van der Waals surface area contributed by atoms with Crippen LogP contribution in [0.15, 0.2) is 22.7 Å². The van der Waals surface area contributed by atoms with Crippen LogP contribution in [0.3, 0.4) is 0 Å². The molecular weight excluding hydrogens is 226 g/mol. The normalized spacial score (nSPS) is 25.5. The Labute approximate surface area is 87.7 Å². The minimum Gasteiger partial charge on any atom is -0.378 e. The van der Waals surface area contributed by atoms with Crippen molar-refractivity contribution in [3.63, 3.8) is 0 Å². The van der Waals surface area contributed by atoms with Crippen molar-refractivity contribution in [2.75, 3.05) is 5.32 Å². The number of anilines is 1. The Morgan fingerprint density at radius 3 is 2.92 bits per heavy atom. The molecule has 2 heteroatoms. The molecule has 0 amide bonds. The second kappa shape index (κ2) is 3.02. The van der Waals surface area contributed by atoms with E-state index < -0.39 is 0 Å². The fourth-order valence-electron chi connectivity index (χ4n) is 1.84. The van der Waals surface area contributed by atoms with Gasteiger partial charge in [0.2, 0.25) is 0 Å². The molecule has 2 rings (SSSR count). The summed E-state index contributed by atoms with van der Waals surface area (Å²) in [5, 5.41) is 3.58. The Balaban J connectivity index is 2.40. The molecule has 1 unspecified atom stereocenters. The molecule has 0 bridgehead atoms. The van der Waals surface area contributed by atoms with Crippen LogP contribution in [0.4, 0.5) is 5.69 Å². The third kappa shape index (κ3) is 1.48. The van der Waals surface area contributed by atoms with Crippen LogP contribution in [-0.2, 0) is 6.42 Å². The van der Waals surface area contributed by atoms with E-state index in [1.807, 2.05) is 0 Å². The monoisotopic (exact) mass is 239 g/mol. The summed E-state index contributed by atoms with van der Waals surface area (Å²) in [6.07, 6.45) is 2.30. The molecular formula is C11H14BrN. The van der Waals surface area contributed by atoms with E-state index in [2.05, 4.69) is 53.3 Å². The molecule has 0 saturated carbocycles. The van der Waals surface area contributed by atoms with Crippen molar-refractivity contribution < 1.29 is 0 Å². The number of hydrogen-bond acceptors (Lipinski definition) is 1. The van der Waals surface area contributed by atoms with Crippen molar-refractivity contribution in [3.05, 3.63) is 28.2 Å². The quantitative estimate of drug-likeness (QED) is 0.791. The summed E-state index contributed by atoms with van der Waals surface area (Å²) < 4.78 is 1.18. The van der Waals surface area contributed by atoms with Gasteiger partial charge in [0.1, 0.15) is 0 Å². The van der Waals surface area contributed by atoms with Crippen LogP contribution < -0.4 is 5.32 Å². The van der Waals surface area contributed by atoms with Gasteiger partial charge in [-0.15, -0.1) is 0 Å². The third-order valence-corrected chi connectivity index (χ3v) is 3.55. The molecule has 1 heterocycles. The van der Waals surface area contributed by atoms with Gasteiger partial charge in [-0.1, -0.05) is 19.1 Å². The lowest BCUT2D eigenvalue weighted by Crippen LogP contribution is -2.30. The largest absolute Gasteiger partial charge is 0.378 e. The summed E-state index contributed by atoms with van der Waals surface area (Å²) in [5.41, 5.74) is 2.97. The molecule has 1 nitrogen and oxygen atoms in total. The molecule has 1 aromatic carbocycles. The summed E-state index contributed by atoms with van der Waals surface area (Å²) in [7, 11) is 0. The molecule has 0 radical (unpaired) electrons. The molecule has 0 aliphatic carbocycles. The molecule has 0 saturated heterocycles. The fraction of sp³-hybridized carbons (Fsp3) is 0.455. The first-order chi connectivity index (χ1) is 6.14. The van der Waals surface area contributed by atoms with Gasteiger partial charge in [-0.05, 0) is 47.3 Å². The van der Waals surface area contributed by atoms with E-state index in [1.54, 1.807) is 0 Å². The van der Waals surface area contributed by atoms with Crippen LogP contribution >= 0.6 is 15.9 Å². The van der Waals surface area contributed by atoms with Crippen LogP contribution in [0.25, 0.3) is 0 Å². The van der Waals surface area contributed by atoms with Gasteiger partial charge < -0.3 is 5.32 Å². The van der Waals surface area contributed by atoms with Crippen molar-refractivity contribution in [2.24, 2.45) is 0 Å². The van der Waals surface area contributed by atoms with Gasteiger partial charge >= 0.3 is 0 Å². The number of para-hydroxylation sites is 1. The lowest BCUT2D eigenvalue weighted by molar-refractivity contribution is 0.515. The zero-order valence-electron chi connectivity index (χ0n) is 8.02.